The summed E-state index contributed by atoms with van der Waals surface area (Å²) < 4.78 is 15.6. The maximum atomic E-state index is 11.1. The van der Waals surface area contributed by atoms with E-state index in [1.807, 2.05) is 12.1 Å². The lowest BCUT2D eigenvalue weighted by atomic mass is 10.1. The van der Waals surface area contributed by atoms with Gasteiger partial charge in [-0.1, -0.05) is 6.07 Å². The van der Waals surface area contributed by atoms with Gasteiger partial charge in [-0.3, -0.25) is 4.79 Å². The number of esters is 1. The van der Waals surface area contributed by atoms with Crippen LogP contribution in [0.5, 0.6) is 17.2 Å². The molecule has 2 aliphatic heterocycles. The van der Waals surface area contributed by atoms with Gasteiger partial charge < -0.3 is 14.2 Å². The number of rotatable bonds is 0. The van der Waals surface area contributed by atoms with Gasteiger partial charge in [-0.2, -0.15) is 0 Å². The summed E-state index contributed by atoms with van der Waals surface area (Å²) in [5, 5.41) is 0. The zero-order valence-electron chi connectivity index (χ0n) is 7.41. The summed E-state index contributed by atoms with van der Waals surface area (Å²) in [6, 6.07) is 3.76. The minimum Gasteiger partial charge on any atom is -0.453 e. The quantitative estimate of drug-likeness (QED) is 0.458. The number of aryl methyl sites for hydroxylation is 1. The number of ether oxygens (including phenoxy) is 3. The molecule has 4 nitrogen and oxygen atoms in total. The molecule has 0 aliphatic carbocycles. The molecule has 1 aromatic rings. The Hall–Kier alpha value is -1.71. The third-order valence-electron chi connectivity index (χ3n) is 2.39. The number of carbonyl (C=O) groups excluding carboxylic acids is 1. The highest BCUT2D eigenvalue weighted by molar-refractivity contribution is 5.77. The predicted molar refractivity (Wildman–Crippen MR) is 46.5 cm³/mol. The van der Waals surface area contributed by atoms with Gasteiger partial charge >= 0.3 is 5.97 Å². The van der Waals surface area contributed by atoms with Crippen LogP contribution < -0.4 is 14.2 Å². The van der Waals surface area contributed by atoms with E-state index < -0.39 is 0 Å². The highest BCUT2D eigenvalue weighted by Crippen LogP contribution is 2.44. The molecule has 0 saturated carbocycles. The first-order valence-electron chi connectivity index (χ1n) is 4.47. The van der Waals surface area contributed by atoms with Gasteiger partial charge in [0, 0.05) is 0 Å². The van der Waals surface area contributed by atoms with Crippen LogP contribution in [0.1, 0.15) is 12.0 Å². The van der Waals surface area contributed by atoms with Crippen LogP contribution in [0.3, 0.4) is 0 Å². The Labute approximate surface area is 80.4 Å². The topological polar surface area (TPSA) is 44.8 Å². The minimum absolute atomic E-state index is 0.198. The van der Waals surface area contributed by atoms with E-state index in [-0.39, 0.29) is 12.8 Å². The van der Waals surface area contributed by atoms with Crippen molar-refractivity contribution in [1.82, 2.24) is 0 Å². The van der Waals surface area contributed by atoms with E-state index >= 15 is 0 Å². The standard InChI is InChI=1S/C10H8O4/c11-8-4-2-6-1-3-7-10(9(6)14-8)13-5-12-7/h1,3H,2,4-5H2. The van der Waals surface area contributed by atoms with Crippen LogP contribution >= 0.6 is 0 Å². The van der Waals surface area contributed by atoms with Crippen LogP contribution in [0, 0.1) is 0 Å². The summed E-state index contributed by atoms with van der Waals surface area (Å²) >= 11 is 0. The normalized spacial score (nSPS) is 17.6. The molecular weight excluding hydrogens is 184 g/mol. The lowest BCUT2D eigenvalue weighted by molar-refractivity contribution is -0.135. The van der Waals surface area contributed by atoms with Crippen molar-refractivity contribution in [1.29, 1.82) is 0 Å². The Morgan fingerprint density at radius 1 is 1.07 bits per heavy atom. The Morgan fingerprint density at radius 2 is 2.00 bits per heavy atom. The predicted octanol–water partition coefficient (Wildman–Crippen LogP) is 1.27. The van der Waals surface area contributed by atoms with Crippen LogP contribution in [0.2, 0.25) is 0 Å². The molecular formula is C10H8O4. The smallest absolute Gasteiger partial charge is 0.311 e. The molecule has 0 saturated heterocycles. The highest BCUT2D eigenvalue weighted by atomic mass is 16.7. The molecule has 0 bridgehead atoms. The van der Waals surface area contributed by atoms with Crippen molar-refractivity contribution in [3.05, 3.63) is 17.7 Å². The van der Waals surface area contributed by atoms with Crippen molar-refractivity contribution in [2.24, 2.45) is 0 Å². The molecule has 1 aromatic carbocycles. The van der Waals surface area contributed by atoms with Crippen LogP contribution in [-0.2, 0) is 11.2 Å². The third-order valence-corrected chi connectivity index (χ3v) is 2.39. The van der Waals surface area contributed by atoms with Crippen LogP contribution in [0.25, 0.3) is 0 Å². The summed E-state index contributed by atoms with van der Waals surface area (Å²) in [6.07, 6.45) is 1.15. The highest BCUT2D eigenvalue weighted by Gasteiger charge is 2.27. The van der Waals surface area contributed by atoms with Crippen molar-refractivity contribution >= 4 is 5.97 Å². The molecule has 0 radical (unpaired) electrons. The van der Waals surface area contributed by atoms with Crippen molar-refractivity contribution in [2.75, 3.05) is 6.79 Å². The molecule has 0 atom stereocenters. The molecule has 4 heteroatoms. The number of fused-ring (bicyclic) bond motifs is 3. The van der Waals surface area contributed by atoms with Crippen molar-refractivity contribution < 1.29 is 19.0 Å². The van der Waals surface area contributed by atoms with E-state index in [0.29, 0.717) is 30.1 Å². The number of carbonyl (C=O) groups is 1. The second kappa shape index (κ2) is 2.64. The van der Waals surface area contributed by atoms with E-state index in [1.54, 1.807) is 0 Å². The zero-order chi connectivity index (χ0) is 9.54. The molecule has 0 spiro atoms. The van der Waals surface area contributed by atoms with Gasteiger partial charge in [-0.05, 0) is 18.1 Å². The zero-order valence-corrected chi connectivity index (χ0v) is 7.41. The van der Waals surface area contributed by atoms with E-state index in [1.165, 1.54) is 0 Å². The summed E-state index contributed by atoms with van der Waals surface area (Å²) in [7, 11) is 0. The van der Waals surface area contributed by atoms with Crippen molar-refractivity contribution in [3.63, 3.8) is 0 Å². The molecule has 0 N–H and O–H groups in total. The average molecular weight is 192 g/mol. The third kappa shape index (κ3) is 0.968. The molecule has 2 heterocycles. The largest absolute Gasteiger partial charge is 0.453 e. The maximum Gasteiger partial charge on any atom is 0.311 e. The number of benzene rings is 1. The number of hydrogen-bond donors (Lipinski definition) is 0. The fourth-order valence-corrected chi connectivity index (χ4v) is 1.70. The van der Waals surface area contributed by atoms with Gasteiger partial charge in [0.25, 0.3) is 0 Å². The fraction of sp³-hybridized carbons (Fsp3) is 0.300. The Balaban J connectivity index is 2.16. The molecule has 14 heavy (non-hydrogen) atoms. The van der Waals surface area contributed by atoms with Crippen molar-refractivity contribution in [2.45, 2.75) is 12.8 Å². The van der Waals surface area contributed by atoms with Crippen LogP contribution in [-0.4, -0.2) is 12.8 Å². The summed E-state index contributed by atoms with van der Waals surface area (Å²) in [6.45, 7) is 0.198. The van der Waals surface area contributed by atoms with Gasteiger partial charge in [-0.15, -0.1) is 0 Å². The second-order valence-corrected chi connectivity index (χ2v) is 3.26. The second-order valence-electron chi connectivity index (χ2n) is 3.26. The molecule has 0 aromatic heterocycles. The first kappa shape index (κ1) is 7.67. The number of hydrogen-bond acceptors (Lipinski definition) is 4. The first-order chi connectivity index (χ1) is 6.84. The first-order valence-corrected chi connectivity index (χ1v) is 4.47. The van der Waals surface area contributed by atoms with Crippen LogP contribution in [0.15, 0.2) is 12.1 Å². The fourth-order valence-electron chi connectivity index (χ4n) is 1.70. The minimum atomic E-state index is -0.207. The Kier molecular flexibility index (Phi) is 1.45. The molecule has 0 amide bonds. The summed E-state index contributed by atoms with van der Waals surface area (Å²) in [4.78, 5) is 11.1. The molecule has 72 valence electrons. The summed E-state index contributed by atoms with van der Waals surface area (Å²) in [5.41, 5.74) is 1.01. The maximum absolute atomic E-state index is 11.1. The van der Waals surface area contributed by atoms with Gasteiger partial charge in [0.2, 0.25) is 12.5 Å². The monoisotopic (exact) mass is 192 g/mol. The molecule has 2 aliphatic rings. The van der Waals surface area contributed by atoms with E-state index in [2.05, 4.69) is 0 Å². The lowest BCUT2D eigenvalue weighted by Crippen LogP contribution is -2.15. The molecule has 0 fully saturated rings. The van der Waals surface area contributed by atoms with E-state index in [4.69, 9.17) is 14.2 Å². The SMILES string of the molecule is O=C1CCc2ccc3c(c2O1)OCO3. The Morgan fingerprint density at radius 3 is 2.93 bits per heavy atom. The van der Waals surface area contributed by atoms with Crippen molar-refractivity contribution in [3.8, 4) is 17.2 Å². The van der Waals surface area contributed by atoms with E-state index in [0.717, 1.165) is 5.56 Å². The Bertz CT molecular complexity index is 411. The molecule has 3 rings (SSSR count). The van der Waals surface area contributed by atoms with Crippen LogP contribution in [0.4, 0.5) is 0 Å². The van der Waals surface area contributed by atoms with Gasteiger partial charge in [0.1, 0.15) is 0 Å². The van der Waals surface area contributed by atoms with Gasteiger partial charge in [0.15, 0.2) is 11.5 Å². The summed E-state index contributed by atoms with van der Waals surface area (Å²) in [5.74, 6) is 1.55. The molecule has 0 unspecified atom stereocenters. The lowest BCUT2D eigenvalue weighted by Gasteiger charge is -2.16. The van der Waals surface area contributed by atoms with E-state index in [9.17, 15) is 4.79 Å². The average Bonchev–Trinajstić information content (AvgIpc) is 2.65. The van der Waals surface area contributed by atoms with Gasteiger partial charge in [-0.25, -0.2) is 0 Å². The van der Waals surface area contributed by atoms with Gasteiger partial charge in [0.05, 0.1) is 6.42 Å².